The summed E-state index contributed by atoms with van der Waals surface area (Å²) < 4.78 is 26.3. The van der Waals surface area contributed by atoms with Crippen LogP contribution in [-0.2, 0) is 10.0 Å². The van der Waals surface area contributed by atoms with Gasteiger partial charge in [-0.3, -0.25) is 4.79 Å². The molecule has 96 valence electrons. The molecule has 0 aliphatic heterocycles. The zero-order valence-electron chi connectivity index (χ0n) is 9.76. The second-order valence-electron chi connectivity index (χ2n) is 3.55. The van der Waals surface area contributed by atoms with Gasteiger partial charge in [0.1, 0.15) is 4.90 Å². The summed E-state index contributed by atoms with van der Waals surface area (Å²) >= 11 is 1.64. The number of thioether (sulfide) groups is 1. The van der Waals surface area contributed by atoms with E-state index in [2.05, 4.69) is 9.71 Å². The van der Waals surface area contributed by atoms with E-state index < -0.39 is 15.5 Å². The molecule has 17 heavy (non-hydrogen) atoms. The maximum atomic E-state index is 11.9. The van der Waals surface area contributed by atoms with Gasteiger partial charge in [-0.1, -0.05) is 6.92 Å². The van der Waals surface area contributed by atoms with E-state index in [-0.39, 0.29) is 10.9 Å². The Morgan fingerprint density at radius 2 is 2.24 bits per heavy atom. The van der Waals surface area contributed by atoms with Crippen molar-refractivity contribution in [1.82, 2.24) is 9.71 Å². The van der Waals surface area contributed by atoms with E-state index in [4.69, 9.17) is 0 Å². The van der Waals surface area contributed by atoms with Crippen molar-refractivity contribution in [2.24, 2.45) is 0 Å². The van der Waals surface area contributed by atoms with Gasteiger partial charge in [-0.25, -0.2) is 13.1 Å². The van der Waals surface area contributed by atoms with Crippen molar-refractivity contribution in [2.75, 3.05) is 11.5 Å². The van der Waals surface area contributed by atoms with Gasteiger partial charge in [0.25, 0.3) is 0 Å². The monoisotopic (exact) mass is 276 g/mol. The molecule has 5 nitrogen and oxygen atoms in total. The number of rotatable bonds is 6. The first-order chi connectivity index (χ1) is 7.97. The lowest BCUT2D eigenvalue weighted by Gasteiger charge is -2.12. The lowest BCUT2D eigenvalue weighted by molar-refractivity contribution is 0.570. The highest BCUT2D eigenvalue weighted by molar-refractivity contribution is 7.99. The highest BCUT2D eigenvalue weighted by Crippen LogP contribution is 2.06. The van der Waals surface area contributed by atoms with Crippen LogP contribution < -0.4 is 10.2 Å². The Bertz CT molecular complexity index is 510. The fourth-order valence-corrected chi connectivity index (χ4v) is 3.34. The van der Waals surface area contributed by atoms with Crippen LogP contribution in [0.15, 0.2) is 28.2 Å². The largest absolute Gasteiger partial charge is 0.366 e. The number of hydrogen-bond donors (Lipinski definition) is 2. The summed E-state index contributed by atoms with van der Waals surface area (Å²) in [6, 6.07) is 0.990. The van der Waals surface area contributed by atoms with Crippen molar-refractivity contribution in [3.05, 3.63) is 28.7 Å². The molecule has 0 bridgehead atoms. The van der Waals surface area contributed by atoms with Crippen LogP contribution in [0, 0.1) is 0 Å². The molecule has 1 heterocycles. The highest BCUT2D eigenvalue weighted by Gasteiger charge is 2.19. The molecule has 0 spiro atoms. The van der Waals surface area contributed by atoms with E-state index in [0.717, 1.165) is 5.75 Å². The van der Waals surface area contributed by atoms with Crippen molar-refractivity contribution in [1.29, 1.82) is 0 Å². The number of H-pyrrole nitrogens is 1. The molecule has 1 aromatic heterocycles. The summed E-state index contributed by atoms with van der Waals surface area (Å²) in [5.41, 5.74) is -0.508. The maximum Gasteiger partial charge on any atom is 0.246 e. The second-order valence-corrected chi connectivity index (χ2v) is 6.56. The maximum absolute atomic E-state index is 11.9. The number of nitrogens with one attached hydrogen (secondary N) is 2. The minimum absolute atomic E-state index is 0.204. The standard InChI is InChI=1S/C10H16N2O3S2/c1-3-16-7-8(2)12-17(14,15)10-6-11-5-4-9(10)13/h4-6,8,12H,3,7H2,1-2H3,(H,11,13). The predicted octanol–water partition coefficient (Wildman–Crippen LogP) is 0.795. The fourth-order valence-electron chi connectivity index (χ4n) is 1.27. The van der Waals surface area contributed by atoms with Gasteiger partial charge in [0.2, 0.25) is 15.5 Å². The lowest BCUT2D eigenvalue weighted by Crippen LogP contribution is -2.36. The number of hydrogen-bond acceptors (Lipinski definition) is 4. The van der Waals surface area contributed by atoms with Crippen LogP contribution in [0.3, 0.4) is 0 Å². The first kappa shape index (κ1) is 14.3. The SMILES string of the molecule is CCSCC(C)NS(=O)(=O)c1c[nH]ccc1=O. The quantitative estimate of drug-likeness (QED) is 0.805. The average molecular weight is 276 g/mol. The lowest BCUT2D eigenvalue weighted by atomic mass is 10.4. The molecule has 7 heteroatoms. The van der Waals surface area contributed by atoms with Gasteiger partial charge in [0.15, 0.2) is 0 Å². The molecule has 1 atom stereocenters. The first-order valence-electron chi connectivity index (χ1n) is 5.24. The van der Waals surface area contributed by atoms with Crippen LogP contribution >= 0.6 is 11.8 Å². The van der Waals surface area contributed by atoms with Crippen molar-refractivity contribution in [2.45, 2.75) is 24.8 Å². The summed E-state index contributed by atoms with van der Waals surface area (Å²) in [5, 5.41) is 0. The van der Waals surface area contributed by atoms with Gasteiger partial charge in [0, 0.05) is 30.3 Å². The zero-order valence-corrected chi connectivity index (χ0v) is 11.4. The molecule has 0 aromatic carbocycles. The Morgan fingerprint density at radius 1 is 1.53 bits per heavy atom. The number of aromatic amines is 1. The first-order valence-corrected chi connectivity index (χ1v) is 7.88. The Morgan fingerprint density at radius 3 is 2.82 bits per heavy atom. The normalized spacial score (nSPS) is 13.5. The fraction of sp³-hybridized carbons (Fsp3) is 0.500. The van der Waals surface area contributed by atoms with E-state index in [1.165, 1.54) is 18.5 Å². The van der Waals surface area contributed by atoms with E-state index in [1.807, 2.05) is 6.92 Å². The molecule has 0 fully saturated rings. The zero-order chi connectivity index (χ0) is 12.9. The molecule has 1 unspecified atom stereocenters. The highest BCUT2D eigenvalue weighted by atomic mass is 32.2. The smallest absolute Gasteiger partial charge is 0.246 e. The molecule has 2 N–H and O–H groups in total. The van der Waals surface area contributed by atoms with Crippen LogP contribution in [0.25, 0.3) is 0 Å². The summed E-state index contributed by atoms with van der Waals surface area (Å²) in [6.07, 6.45) is 2.60. The van der Waals surface area contributed by atoms with Crippen molar-refractivity contribution >= 4 is 21.8 Å². The molecule has 1 rings (SSSR count). The molecular formula is C10H16N2O3S2. The third kappa shape index (κ3) is 4.18. The van der Waals surface area contributed by atoms with Crippen LogP contribution in [0.5, 0.6) is 0 Å². The van der Waals surface area contributed by atoms with Crippen LogP contribution in [0.1, 0.15) is 13.8 Å². The number of pyridine rings is 1. The number of sulfonamides is 1. The van der Waals surface area contributed by atoms with Crippen LogP contribution in [-0.4, -0.2) is 30.9 Å². The molecule has 0 aliphatic carbocycles. The molecule has 0 aliphatic rings. The average Bonchev–Trinajstić information content (AvgIpc) is 2.26. The minimum atomic E-state index is -3.73. The summed E-state index contributed by atoms with van der Waals surface area (Å²) in [5.74, 6) is 1.61. The second kappa shape index (κ2) is 6.23. The van der Waals surface area contributed by atoms with Gasteiger partial charge in [-0.05, 0) is 12.7 Å². The summed E-state index contributed by atoms with van der Waals surface area (Å²) in [6.45, 7) is 3.78. The van der Waals surface area contributed by atoms with Crippen molar-refractivity contribution < 1.29 is 8.42 Å². The predicted molar refractivity (Wildman–Crippen MR) is 69.8 cm³/mol. The van der Waals surface area contributed by atoms with Gasteiger partial charge < -0.3 is 4.98 Å². The molecule has 0 saturated carbocycles. The summed E-state index contributed by atoms with van der Waals surface area (Å²) in [7, 11) is -3.73. The van der Waals surface area contributed by atoms with Crippen LogP contribution in [0.4, 0.5) is 0 Å². The molecular weight excluding hydrogens is 260 g/mol. The Kier molecular flexibility index (Phi) is 5.23. The molecule has 0 saturated heterocycles. The topological polar surface area (TPSA) is 79.0 Å². The van der Waals surface area contributed by atoms with Gasteiger partial charge in [-0.2, -0.15) is 11.8 Å². The van der Waals surface area contributed by atoms with Gasteiger partial charge >= 0.3 is 0 Å². The number of aromatic nitrogens is 1. The Balaban J connectivity index is 2.83. The van der Waals surface area contributed by atoms with Crippen molar-refractivity contribution in [3.63, 3.8) is 0 Å². The van der Waals surface area contributed by atoms with E-state index in [0.29, 0.717) is 5.75 Å². The summed E-state index contributed by atoms with van der Waals surface area (Å²) in [4.78, 5) is 13.8. The Labute approximate surface area is 105 Å². The Hall–Kier alpha value is -0.790. The molecule has 1 aromatic rings. The van der Waals surface area contributed by atoms with E-state index in [1.54, 1.807) is 18.7 Å². The van der Waals surface area contributed by atoms with Crippen molar-refractivity contribution in [3.8, 4) is 0 Å². The van der Waals surface area contributed by atoms with E-state index >= 15 is 0 Å². The third-order valence-corrected chi connectivity index (χ3v) is 4.76. The minimum Gasteiger partial charge on any atom is -0.366 e. The van der Waals surface area contributed by atoms with Crippen LogP contribution in [0.2, 0.25) is 0 Å². The molecule has 0 radical (unpaired) electrons. The third-order valence-electron chi connectivity index (χ3n) is 2.01. The van der Waals surface area contributed by atoms with Gasteiger partial charge in [-0.15, -0.1) is 0 Å². The van der Waals surface area contributed by atoms with E-state index in [9.17, 15) is 13.2 Å². The van der Waals surface area contributed by atoms with Gasteiger partial charge in [0.05, 0.1) is 0 Å². The molecule has 0 amide bonds.